The Morgan fingerprint density at radius 2 is 1.35 bits per heavy atom. The minimum absolute atomic E-state index is 0.102. The molecule has 1 fully saturated rings. The quantitative estimate of drug-likeness (QED) is 0.818. The third kappa shape index (κ3) is 2.32. The summed E-state index contributed by atoms with van der Waals surface area (Å²) in [5.41, 5.74) is 15.6. The van der Waals surface area contributed by atoms with Crippen molar-refractivity contribution in [3.8, 4) is 0 Å². The average molecular weight is 266 g/mol. The zero-order valence-corrected chi connectivity index (χ0v) is 11.8. The van der Waals surface area contributed by atoms with Gasteiger partial charge in [0.1, 0.15) is 0 Å². The van der Waals surface area contributed by atoms with Crippen molar-refractivity contribution in [3.05, 3.63) is 65.7 Å². The molecule has 1 saturated carbocycles. The van der Waals surface area contributed by atoms with Crippen molar-refractivity contribution in [2.75, 3.05) is 5.73 Å². The first-order valence-electron chi connectivity index (χ1n) is 7.38. The van der Waals surface area contributed by atoms with Crippen LogP contribution in [0.5, 0.6) is 0 Å². The smallest absolute Gasteiger partial charge is 0.0314 e. The Labute approximate surface area is 120 Å². The van der Waals surface area contributed by atoms with Crippen LogP contribution in [0, 0.1) is 0 Å². The Morgan fingerprint density at radius 1 is 0.800 bits per heavy atom. The number of nitrogen functional groups attached to an aromatic ring is 1. The minimum atomic E-state index is 0.102. The van der Waals surface area contributed by atoms with Crippen LogP contribution in [-0.2, 0) is 5.41 Å². The van der Waals surface area contributed by atoms with E-state index in [1.807, 2.05) is 12.1 Å². The maximum absolute atomic E-state index is 6.12. The van der Waals surface area contributed by atoms with Gasteiger partial charge in [0.05, 0.1) is 0 Å². The Morgan fingerprint density at radius 3 is 1.95 bits per heavy atom. The molecule has 0 heterocycles. The highest BCUT2D eigenvalue weighted by atomic mass is 14.6. The molecule has 0 amide bonds. The van der Waals surface area contributed by atoms with Crippen molar-refractivity contribution in [2.24, 2.45) is 5.73 Å². The highest BCUT2D eigenvalue weighted by molar-refractivity contribution is 5.46. The lowest BCUT2D eigenvalue weighted by atomic mass is 9.64. The number of rotatable bonds is 2. The Bertz CT molecular complexity index is 552. The van der Waals surface area contributed by atoms with E-state index < -0.39 is 0 Å². The monoisotopic (exact) mass is 266 g/mol. The molecular formula is C18H22N2. The number of hydrogen-bond donors (Lipinski definition) is 2. The fraction of sp³-hybridized carbons (Fsp3) is 0.333. The van der Waals surface area contributed by atoms with Crippen molar-refractivity contribution in [1.82, 2.24) is 0 Å². The van der Waals surface area contributed by atoms with E-state index in [4.69, 9.17) is 11.5 Å². The molecule has 2 aromatic carbocycles. The summed E-state index contributed by atoms with van der Waals surface area (Å²) in [6.45, 7) is 0. The van der Waals surface area contributed by atoms with Crippen LogP contribution in [0.2, 0.25) is 0 Å². The normalized spacial score (nSPS) is 26.4. The second-order valence-corrected chi connectivity index (χ2v) is 5.91. The molecule has 0 spiro atoms. The summed E-state index contributed by atoms with van der Waals surface area (Å²) in [6, 6.07) is 19.5. The number of nitrogens with two attached hydrogens (primary N) is 2. The molecule has 2 nitrogen and oxygen atoms in total. The molecule has 104 valence electrons. The molecule has 0 unspecified atom stereocenters. The molecule has 2 aromatic rings. The van der Waals surface area contributed by atoms with Crippen LogP contribution >= 0.6 is 0 Å². The Kier molecular flexibility index (Phi) is 3.49. The van der Waals surface area contributed by atoms with E-state index in [1.54, 1.807) is 0 Å². The van der Waals surface area contributed by atoms with Crippen LogP contribution in [0.4, 0.5) is 5.69 Å². The number of benzene rings is 2. The summed E-state index contributed by atoms with van der Waals surface area (Å²) >= 11 is 0. The lowest BCUT2D eigenvalue weighted by molar-refractivity contribution is 0.315. The lowest BCUT2D eigenvalue weighted by Gasteiger charge is -2.40. The number of hydrogen-bond acceptors (Lipinski definition) is 2. The largest absolute Gasteiger partial charge is 0.399 e. The molecule has 0 atom stereocenters. The van der Waals surface area contributed by atoms with Gasteiger partial charge in [0.25, 0.3) is 0 Å². The van der Waals surface area contributed by atoms with Crippen LogP contribution < -0.4 is 11.5 Å². The summed E-state index contributed by atoms with van der Waals surface area (Å²) in [5, 5.41) is 0. The summed E-state index contributed by atoms with van der Waals surface area (Å²) in [4.78, 5) is 0. The zero-order valence-electron chi connectivity index (χ0n) is 11.8. The van der Waals surface area contributed by atoms with Gasteiger partial charge in [-0.1, -0.05) is 42.5 Å². The van der Waals surface area contributed by atoms with Gasteiger partial charge < -0.3 is 11.5 Å². The number of anilines is 1. The molecule has 1 aliphatic rings. The predicted octanol–water partition coefficient (Wildman–Crippen LogP) is 3.46. The van der Waals surface area contributed by atoms with Gasteiger partial charge in [0.2, 0.25) is 0 Å². The van der Waals surface area contributed by atoms with Crippen LogP contribution in [0.25, 0.3) is 0 Å². The maximum Gasteiger partial charge on any atom is 0.0314 e. The molecular weight excluding hydrogens is 244 g/mol. The molecule has 1 aliphatic carbocycles. The SMILES string of the molecule is Nc1ccc(C2(c3ccccc3)CCC(N)CC2)cc1. The van der Waals surface area contributed by atoms with Gasteiger partial charge in [-0.05, 0) is 48.9 Å². The fourth-order valence-electron chi connectivity index (χ4n) is 3.44. The van der Waals surface area contributed by atoms with Crippen molar-refractivity contribution >= 4 is 5.69 Å². The molecule has 4 N–H and O–H groups in total. The predicted molar refractivity (Wildman–Crippen MR) is 84.5 cm³/mol. The third-order valence-corrected chi connectivity index (χ3v) is 4.67. The second kappa shape index (κ2) is 5.29. The van der Waals surface area contributed by atoms with Crippen molar-refractivity contribution in [3.63, 3.8) is 0 Å². The summed E-state index contributed by atoms with van der Waals surface area (Å²) < 4.78 is 0. The van der Waals surface area contributed by atoms with E-state index in [0.717, 1.165) is 31.4 Å². The fourth-order valence-corrected chi connectivity index (χ4v) is 3.44. The van der Waals surface area contributed by atoms with Crippen LogP contribution in [0.1, 0.15) is 36.8 Å². The van der Waals surface area contributed by atoms with Gasteiger partial charge in [-0.15, -0.1) is 0 Å². The first kappa shape index (κ1) is 13.2. The van der Waals surface area contributed by atoms with E-state index in [2.05, 4.69) is 42.5 Å². The second-order valence-electron chi connectivity index (χ2n) is 5.91. The van der Waals surface area contributed by atoms with E-state index >= 15 is 0 Å². The third-order valence-electron chi connectivity index (χ3n) is 4.67. The standard InChI is InChI=1S/C18H22N2/c19-16-8-6-15(7-9-16)18(12-10-17(20)11-13-18)14-4-2-1-3-5-14/h1-9,17H,10-13,19-20H2. The highest BCUT2D eigenvalue weighted by Crippen LogP contribution is 2.44. The topological polar surface area (TPSA) is 52.0 Å². The molecule has 2 heteroatoms. The molecule has 0 radical (unpaired) electrons. The van der Waals surface area contributed by atoms with Crippen LogP contribution in [0.3, 0.4) is 0 Å². The molecule has 0 saturated heterocycles. The van der Waals surface area contributed by atoms with Gasteiger partial charge in [-0.3, -0.25) is 0 Å². The van der Waals surface area contributed by atoms with Gasteiger partial charge >= 0.3 is 0 Å². The van der Waals surface area contributed by atoms with Gasteiger partial charge in [0, 0.05) is 17.1 Å². The van der Waals surface area contributed by atoms with Crippen LogP contribution in [0.15, 0.2) is 54.6 Å². The summed E-state index contributed by atoms with van der Waals surface area (Å²) in [7, 11) is 0. The molecule has 3 rings (SSSR count). The lowest BCUT2D eigenvalue weighted by Crippen LogP contribution is -2.37. The molecule has 0 aliphatic heterocycles. The van der Waals surface area contributed by atoms with Gasteiger partial charge in [-0.2, -0.15) is 0 Å². The maximum atomic E-state index is 6.12. The van der Waals surface area contributed by atoms with Crippen molar-refractivity contribution in [2.45, 2.75) is 37.1 Å². The van der Waals surface area contributed by atoms with E-state index in [9.17, 15) is 0 Å². The first-order valence-corrected chi connectivity index (χ1v) is 7.38. The molecule has 0 aromatic heterocycles. The van der Waals surface area contributed by atoms with Crippen molar-refractivity contribution in [1.29, 1.82) is 0 Å². The van der Waals surface area contributed by atoms with E-state index in [1.165, 1.54) is 11.1 Å². The van der Waals surface area contributed by atoms with Gasteiger partial charge in [-0.25, -0.2) is 0 Å². The average Bonchev–Trinajstić information content (AvgIpc) is 2.50. The summed E-state index contributed by atoms with van der Waals surface area (Å²) in [6.07, 6.45) is 4.39. The van der Waals surface area contributed by atoms with E-state index in [-0.39, 0.29) is 5.41 Å². The molecule has 0 bridgehead atoms. The summed E-state index contributed by atoms with van der Waals surface area (Å²) in [5.74, 6) is 0. The van der Waals surface area contributed by atoms with Gasteiger partial charge in [0.15, 0.2) is 0 Å². The Hall–Kier alpha value is -1.80. The Balaban J connectivity index is 2.06. The molecule has 20 heavy (non-hydrogen) atoms. The first-order chi connectivity index (χ1) is 9.71. The zero-order chi connectivity index (χ0) is 14.0. The minimum Gasteiger partial charge on any atom is -0.399 e. The van der Waals surface area contributed by atoms with Crippen molar-refractivity contribution < 1.29 is 0 Å². The van der Waals surface area contributed by atoms with Crippen LogP contribution in [-0.4, -0.2) is 6.04 Å². The highest BCUT2D eigenvalue weighted by Gasteiger charge is 2.37. The van der Waals surface area contributed by atoms with E-state index in [0.29, 0.717) is 6.04 Å².